The zero-order chi connectivity index (χ0) is 23.8. The van der Waals surface area contributed by atoms with Crippen LogP contribution < -0.4 is 5.32 Å². The summed E-state index contributed by atoms with van der Waals surface area (Å²) in [5.41, 5.74) is 2.35. The summed E-state index contributed by atoms with van der Waals surface area (Å²) in [4.78, 5) is 28.3. The third-order valence-electron chi connectivity index (χ3n) is 5.28. The van der Waals surface area contributed by atoms with Crippen molar-refractivity contribution in [2.75, 3.05) is 6.54 Å². The molecule has 0 aromatic heterocycles. The number of nitrogens with one attached hydrogen (secondary N) is 1. The van der Waals surface area contributed by atoms with Crippen molar-refractivity contribution in [3.8, 4) is 0 Å². The lowest BCUT2D eigenvalue weighted by Gasteiger charge is -2.32. The Bertz CT molecular complexity index is 1070. The Morgan fingerprint density at radius 2 is 1.48 bits per heavy atom. The summed E-state index contributed by atoms with van der Waals surface area (Å²) in [5, 5.41) is 4.36. The van der Waals surface area contributed by atoms with Crippen LogP contribution in [0.4, 0.5) is 0 Å². The minimum absolute atomic E-state index is 0.111. The van der Waals surface area contributed by atoms with Crippen molar-refractivity contribution in [2.45, 2.75) is 32.4 Å². The zero-order valence-electron chi connectivity index (χ0n) is 18.2. The Labute approximate surface area is 209 Å². The maximum atomic E-state index is 13.6. The molecule has 3 aromatic rings. The molecule has 0 radical (unpaired) electrons. The van der Waals surface area contributed by atoms with Crippen LogP contribution in [0, 0.1) is 0 Å². The highest BCUT2D eigenvalue weighted by Gasteiger charge is 2.31. The average molecular weight is 504 g/mol. The monoisotopic (exact) mass is 502 g/mol. The van der Waals surface area contributed by atoms with E-state index in [1.807, 2.05) is 37.3 Å². The average Bonchev–Trinajstić information content (AvgIpc) is 2.80. The molecule has 0 aliphatic heterocycles. The van der Waals surface area contributed by atoms with Crippen LogP contribution >= 0.6 is 34.8 Å². The van der Waals surface area contributed by atoms with E-state index in [2.05, 4.69) is 5.32 Å². The van der Waals surface area contributed by atoms with Gasteiger partial charge in [-0.15, -0.1) is 0 Å². The molecule has 0 unspecified atom stereocenters. The van der Waals surface area contributed by atoms with E-state index in [9.17, 15) is 9.59 Å². The SMILES string of the molecule is CCNC(=O)[C@H](Cc1ccccc1)N(Cc1c(Cl)cccc1Cl)C(=O)Cc1ccc(Cl)cc1. The highest BCUT2D eigenvalue weighted by Crippen LogP contribution is 2.27. The molecule has 0 aliphatic carbocycles. The number of hydrogen-bond acceptors (Lipinski definition) is 2. The van der Waals surface area contributed by atoms with Crippen molar-refractivity contribution >= 4 is 46.6 Å². The quantitative estimate of drug-likeness (QED) is 0.391. The lowest BCUT2D eigenvalue weighted by Crippen LogP contribution is -2.51. The molecule has 0 fully saturated rings. The number of carbonyl (C=O) groups is 2. The Kier molecular flexibility index (Phi) is 9.19. The highest BCUT2D eigenvalue weighted by atomic mass is 35.5. The van der Waals surface area contributed by atoms with Gasteiger partial charge in [-0.05, 0) is 42.3 Å². The van der Waals surface area contributed by atoms with Crippen LogP contribution in [0.3, 0.4) is 0 Å². The smallest absolute Gasteiger partial charge is 0.243 e. The molecule has 0 aliphatic rings. The number of rotatable bonds is 9. The van der Waals surface area contributed by atoms with Crippen LogP contribution in [-0.4, -0.2) is 29.3 Å². The first-order valence-corrected chi connectivity index (χ1v) is 11.8. The van der Waals surface area contributed by atoms with E-state index >= 15 is 0 Å². The molecule has 0 saturated carbocycles. The van der Waals surface area contributed by atoms with Crippen molar-refractivity contribution in [2.24, 2.45) is 0 Å². The largest absolute Gasteiger partial charge is 0.355 e. The first-order chi connectivity index (χ1) is 15.9. The fourth-order valence-corrected chi connectivity index (χ4v) is 4.22. The molecule has 7 heteroatoms. The summed E-state index contributed by atoms with van der Waals surface area (Å²) in [7, 11) is 0. The van der Waals surface area contributed by atoms with E-state index in [1.54, 1.807) is 47.4 Å². The number of hydrogen-bond donors (Lipinski definition) is 1. The molecule has 1 atom stereocenters. The van der Waals surface area contributed by atoms with Gasteiger partial charge in [0, 0.05) is 40.1 Å². The Balaban J connectivity index is 1.99. The van der Waals surface area contributed by atoms with E-state index in [-0.39, 0.29) is 24.8 Å². The molecule has 3 rings (SSSR count). The van der Waals surface area contributed by atoms with Gasteiger partial charge < -0.3 is 10.2 Å². The lowest BCUT2D eigenvalue weighted by molar-refractivity contribution is -0.140. The van der Waals surface area contributed by atoms with Gasteiger partial charge in [0.25, 0.3) is 0 Å². The summed E-state index contributed by atoms with van der Waals surface area (Å²) >= 11 is 18.8. The molecule has 2 amide bonds. The Morgan fingerprint density at radius 1 is 0.848 bits per heavy atom. The topological polar surface area (TPSA) is 49.4 Å². The van der Waals surface area contributed by atoms with Crippen molar-refractivity contribution in [1.29, 1.82) is 0 Å². The fraction of sp³-hybridized carbons (Fsp3) is 0.231. The van der Waals surface area contributed by atoms with Gasteiger partial charge in [-0.25, -0.2) is 0 Å². The second kappa shape index (κ2) is 12.1. The van der Waals surface area contributed by atoms with Gasteiger partial charge in [0.15, 0.2) is 0 Å². The minimum atomic E-state index is -0.737. The van der Waals surface area contributed by atoms with Crippen LogP contribution in [-0.2, 0) is 29.0 Å². The van der Waals surface area contributed by atoms with Crippen LogP contribution in [0.25, 0.3) is 0 Å². The normalized spacial score (nSPS) is 11.6. The van der Waals surface area contributed by atoms with Gasteiger partial charge in [0.2, 0.25) is 11.8 Å². The molecule has 33 heavy (non-hydrogen) atoms. The number of amides is 2. The summed E-state index contributed by atoms with van der Waals surface area (Å²) in [6.45, 7) is 2.41. The Morgan fingerprint density at radius 3 is 2.09 bits per heavy atom. The number of likely N-dealkylation sites (N-methyl/N-ethyl adjacent to an activating group) is 1. The summed E-state index contributed by atoms with van der Waals surface area (Å²) < 4.78 is 0. The van der Waals surface area contributed by atoms with Crippen LogP contribution in [0.2, 0.25) is 15.1 Å². The molecule has 0 saturated heterocycles. The maximum Gasteiger partial charge on any atom is 0.243 e. The third kappa shape index (κ3) is 6.97. The van der Waals surface area contributed by atoms with E-state index in [1.165, 1.54) is 0 Å². The second-order valence-corrected chi connectivity index (χ2v) is 8.88. The van der Waals surface area contributed by atoms with Gasteiger partial charge in [-0.2, -0.15) is 0 Å². The van der Waals surface area contributed by atoms with Crippen molar-refractivity contribution in [1.82, 2.24) is 10.2 Å². The third-order valence-corrected chi connectivity index (χ3v) is 6.24. The molecule has 3 aromatic carbocycles. The van der Waals surface area contributed by atoms with Crippen LogP contribution in [0.15, 0.2) is 72.8 Å². The van der Waals surface area contributed by atoms with Gasteiger partial charge in [-0.3, -0.25) is 9.59 Å². The van der Waals surface area contributed by atoms with Crippen molar-refractivity contribution in [3.63, 3.8) is 0 Å². The number of benzene rings is 3. The molecule has 1 N–H and O–H groups in total. The summed E-state index contributed by atoms with van der Waals surface area (Å²) in [6.07, 6.45) is 0.477. The van der Waals surface area contributed by atoms with Crippen LogP contribution in [0.5, 0.6) is 0 Å². The highest BCUT2D eigenvalue weighted by molar-refractivity contribution is 6.36. The molecular weight excluding hydrogens is 479 g/mol. The Hall–Kier alpha value is -2.53. The first-order valence-electron chi connectivity index (χ1n) is 10.7. The maximum absolute atomic E-state index is 13.6. The van der Waals surface area contributed by atoms with E-state index in [0.29, 0.717) is 33.6 Å². The minimum Gasteiger partial charge on any atom is -0.355 e. The number of carbonyl (C=O) groups excluding carboxylic acids is 2. The predicted octanol–water partition coefficient (Wildman–Crippen LogP) is 5.97. The molecule has 0 heterocycles. The van der Waals surface area contributed by atoms with E-state index in [0.717, 1.165) is 11.1 Å². The molecular formula is C26H25Cl3N2O2. The van der Waals surface area contributed by atoms with E-state index < -0.39 is 6.04 Å². The summed E-state index contributed by atoms with van der Waals surface area (Å²) in [5.74, 6) is -0.436. The van der Waals surface area contributed by atoms with Gasteiger partial charge >= 0.3 is 0 Å². The molecule has 4 nitrogen and oxygen atoms in total. The standard InChI is InChI=1S/C26H25Cl3N2O2/c1-2-30-26(33)24(15-18-7-4-3-5-8-18)31(17-21-22(28)9-6-10-23(21)29)25(32)16-19-11-13-20(27)14-12-19/h3-14,24H,2,15-17H2,1H3,(H,30,33)/t24-/m0/s1. The van der Waals surface area contributed by atoms with Crippen LogP contribution in [0.1, 0.15) is 23.6 Å². The predicted molar refractivity (Wildman–Crippen MR) is 135 cm³/mol. The van der Waals surface area contributed by atoms with Gasteiger partial charge in [0.05, 0.1) is 6.42 Å². The van der Waals surface area contributed by atoms with Crippen molar-refractivity contribution in [3.05, 3.63) is 105 Å². The molecule has 0 spiro atoms. The zero-order valence-corrected chi connectivity index (χ0v) is 20.5. The van der Waals surface area contributed by atoms with Gasteiger partial charge in [-0.1, -0.05) is 83.3 Å². The number of halogens is 3. The first kappa shape index (κ1) is 25.1. The second-order valence-electron chi connectivity index (χ2n) is 7.63. The lowest BCUT2D eigenvalue weighted by atomic mass is 10.0. The number of nitrogens with zero attached hydrogens (tertiary/aromatic N) is 1. The summed E-state index contributed by atoms with van der Waals surface area (Å²) in [6, 6.07) is 21.2. The molecule has 0 bridgehead atoms. The van der Waals surface area contributed by atoms with Gasteiger partial charge in [0.1, 0.15) is 6.04 Å². The fourth-order valence-electron chi connectivity index (χ4n) is 3.58. The molecule has 172 valence electrons. The van der Waals surface area contributed by atoms with Crippen molar-refractivity contribution < 1.29 is 9.59 Å². The van der Waals surface area contributed by atoms with E-state index in [4.69, 9.17) is 34.8 Å².